The van der Waals surface area contributed by atoms with E-state index in [1.807, 2.05) is 13.0 Å². The van der Waals surface area contributed by atoms with E-state index in [2.05, 4.69) is 10.1 Å². The maximum Gasteiger partial charge on any atom is 0.434 e. The third-order valence-electron chi connectivity index (χ3n) is 6.65. The number of carboxylic acid groups (broad SMARTS) is 1. The number of pyridine rings is 1. The summed E-state index contributed by atoms with van der Waals surface area (Å²) in [5.74, 6) is -1.61. The highest BCUT2D eigenvalue weighted by Gasteiger charge is 2.41. The minimum absolute atomic E-state index is 0.120. The molecule has 0 amide bonds. The van der Waals surface area contributed by atoms with Crippen LogP contribution in [0.15, 0.2) is 91.1 Å². The van der Waals surface area contributed by atoms with Gasteiger partial charge in [-0.1, -0.05) is 48.5 Å². The van der Waals surface area contributed by atoms with Gasteiger partial charge in [0, 0.05) is 5.56 Å². The Morgan fingerprint density at radius 2 is 1.56 bits per heavy atom. The van der Waals surface area contributed by atoms with Crippen LogP contribution in [0.25, 0.3) is 28.2 Å². The van der Waals surface area contributed by atoms with E-state index in [1.165, 1.54) is 24.3 Å². The van der Waals surface area contributed by atoms with E-state index in [-0.39, 0.29) is 18.1 Å². The minimum atomic E-state index is -5.00. The fourth-order valence-electron chi connectivity index (χ4n) is 4.49. The Hall–Kier alpha value is -5.13. The van der Waals surface area contributed by atoms with Gasteiger partial charge in [0.15, 0.2) is 11.5 Å². The predicted octanol–water partition coefficient (Wildman–Crippen LogP) is 8.22. The van der Waals surface area contributed by atoms with Crippen LogP contribution >= 0.6 is 0 Å². The first-order valence-electron chi connectivity index (χ1n) is 12.7. The average Bonchev–Trinajstić information content (AvgIpc) is 3.43. The zero-order chi connectivity index (χ0) is 30.9. The van der Waals surface area contributed by atoms with Gasteiger partial charge in [-0.25, -0.2) is 14.5 Å². The van der Waals surface area contributed by atoms with E-state index in [9.17, 15) is 36.2 Å². The molecule has 0 saturated heterocycles. The predicted molar refractivity (Wildman–Crippen MR) is 145 cm³/mol. The van der Waals surface area contributed by atoms with E-state index in [4.69, 9.17) is 4.74 Å². The minimum Gasteiger partial charge on any atom is -0.488 e. The van der Waals surface area contributed by atoms with E-state index in [0.717, 1.165) is 28.8 Å². The van der Waals surface area contributed by atoms with Crippen LogP contribution in [0.2, 0.25) is 0 Å². The molecule has 0 aliphatic rings. The van der Waals surface area contributed by atoms with Gasteiger partial charge in [0.25, 0.3) is 0 Å². The van der Waals surface area contributed by atoms with Crippen LogP contribution in [0, 0.1) is 6.92 Å². The van der Waals surface area contributed by atoms with E-state index in [1.54, 1.807) is 42.5 Å². The molecule has 5 rings (SSSR count). The monoisotopic (exact) mass is 597 g/mol. The van der Waals surface area contributed by atoms with Crippen LogP contribution in [0.1, 0.15) is 32.7 Å². The maximum atomic E-state index is 13.7. The smallest absolute Gasteiger partial charge is 0.434 e. The van der Waals surface area contributed by atoms with Crippen LogP contribution in [0.3, 0.4) is 0 Å². The molecule has 0 aliphatic heterocycles. The summed E-state index contributed by atoms with van der Waals surface area (Å²) in [5.41, 5.74) is 0.563. The molecule has 220 valence electrons. The van der Waals surface area contributed by atoms with Gasteiger partial charge in [0.1, 0.15) is 17.9 Å². The van der Waals surface area contributed by atoms with Crippen LogP contribution in [-0.2, 0) is 19.0 Å². The molecule has 2 aromatic heterocycles. The summed E-state index contributed by atoms with van der Waals surface area (Å²) < 4.78 is 86.4. The highest BCUT2D eigenvalue weighted by Crippen LogP contribution is 2.35. The number of rotatable bonds is 7. The molecule has 2 heterocycles. The first-order valence-corrected chi connectivity index (χ1v) is 12.7. The molecule has 0 atom stereocenters. The number of para-hydroxylation sites is 1. The van der Waals surface area contributed by atoms with Gasteiger partial charge in [-0.3, -0.25) is 0 Å². The quantitative estimate of drug-likeness (QED) is 0.191. The Morgan fingerprint density at radius 3 is 2.21 bits per heavy atom. The van der Waals surface area contributed by atoms with Crippen molar-refractivity contribution in [2.24, 2.45) is 0 Å². The number of halogens is 6. The highest BCUT2D eigenvalue weighted by molar-refractivity contribution is 5.89. The fourth-order valence-corrected chi connectivity index (χ4v) is 4.49. The number of benzene rings is 3. The molecule has 0 bridgehead atoms. The summed E-state index contributed by atoms with van der Waals surface area (Å²) in [7, 11) is 0. The Morgan fingerprint density at radius 1 is 0.860 bits per heavy atom. The van der Waals surface area contributed by atoms with E-state index < -0.39 is 35.1 Å². The SMILES string of the molecule is Cc1cc(-c2ccc(C(F)(F)F)cc2)ccc1COc1ccccc1-c1cccc(-n2ncc(C(=O)O)c2C(F)(F)F)n1. The second-order valence-corrected chi connectivity index (χ2v) is 9.50. The standard InChI is InChI=1S/C31H21F6N3O3/c1-18-15-20(19-11-13-22(14-12-19)30(32,33)34)9-10-21(18)17-43-26-7-3-2-5-23(26)25-6-4-8-27(39-25)40-28(31(35,36)37)24(16-38-40)29(41)42/h2-16H,17H2,1H3,(H,41,42). The fraction of sp³-hybridized carbons (Fsp3) is 0.129. The lowest BCUT2D eigenvalue weighted by Crippen LogP contribution is -2.18. The summed E-state index contributed by atoms with van der Waals surface area (Å²) in [5, 5.41) is 12.8. The molecular weight excluding hydrogens is 576 g/mol. The highest BCUT2D eigenvalue weighted by atomic mass is 19.4. The molecule has 5 aromatic rings. The van der Waals surface area contributed by atoms with E-state index in [0.29, 0.717) is 27.8 Å². The third kappa shape index (κ3) is 6.22. The summed E-state index contributed by atoms with van der Waals surface area (Å²) >= 11 is 0. The Balaban J connectivity index is 1.39. The van der Waals surface area contributed by atoms with Gasteiger partial charge in [-0.15, -0.1) is 0 Å². The van der Waals surface area contributed by atoms with Gasteiger partial charge in [0.05, 0.1) is 17.5 Å². The van der Waals surface area contributed by atoms with Gasteiger partial charge in [-0.2, -0.15) is 31.4 Å². The second kappa shape index (κ2) is 11.3. The Bertz CT molecular complexity index is 1790. The van der Waals surface area contributed by atoms with Gasteiger partial charge in [0.2, 0.25) is 0 Å². The summed E-state index contributed by atoms with van der Waals surface area (Å²) in [4.78, 5) is 15.7. The zero-order valence-electron chi connectivity index (χ0n) is 22.2. The van der Waals surface area contributed by atoms with Crippen molar-refractivity contribution in [2.75, 3.05) is 0 Å². The number of alkyl halides is 6. The number of hydrogen-bond donors (Lipinski definition) is 1. The third-order valence-corrected chi connectivity index (χ3v) is 6.65. The molecule has 12 heteroatoms. The number of nitrogens with zero attached hydrogens (tertiary/aromatic N) is 3. The van der Waals surface area contributed by atoms with Crippen LogP contribution < -0.4 is 4.74 Å². The summed E-state index contributed by atoms with van der Waals surface area (Å²) in [6, 6.07) is 21.4. The van der Waals surface area contributed by atoms with Crippen molar-refractivity contribution in [1.82, 2.24) is 14.8 Å². The zero-order valence-corrected chi connectivity index (χ0v) is 22.2. The lowest BCUT2D eigenvalue weighted by Gasteiger charge is -2.15. The molecule has 0 spiro atoms. The first-order chi connectivity index (χ1) is 20.3. The van der Waals surface area contributed by atoms with Gasteiger partial charge < -0.3 is 9.84 Å². The number of ether oxygens (including phenoxy) is 1. The Kier molecular flexibility index (Phi) is 7.70. The summed E-state index contributed by atoms with van der Waals surface area (Å²) in [6.45, 7) is 1.96. The molecule has 0 aliphatic carbocycles. The summed E-state index contributed by atoms with van der Waals surface area (Å²) in [6.07, 6.45) is -8.79. The number of aromatic carboxylic acids is 1. The molecule has 3 aromatic carbocycles. The van der Waals surface area contributed by atoms with Crippen LogP contribution in [0.4, 0.5) is 26.3 Å². The normalized spacial score (nSPS) is 11.9. The molecule has 43 heavy (non-hydrogen) atoms. The topological polar surface area (TPSA) is 77.2 Å². The molecule has 0 radical (unpaired) electrons. The van der Waals surface area contributed by atoms with Crippen molar-refractivity contribution in [2.45, 2.75) is 25.9 Å². The second-order valence-electron chi connectivity index (χ2n) is 9.50. The Labute approximate surface area is 240 Å². The number of hydrogen-bond acceptors (Lipinski definition) is 4. The number of aromatic nitrogens is 3. The van der Waals surface area contributed by atoms with Crippen molar-refractivity contribution in [3.63, 3.8) is 0 Å². The molecular formula is C31H21F6N3O3. The molecule has 0 saturated carbocycles. The number of carbonyl (C=O) groups is 1. The molecule has 6 nitrogen and oxygen atoms in total. The molecule has 1 N–H and O–H groups in total. The van der Waals surface area contributed by atoms with Crippen LogP contribution in [-0.4, -0.2) is 25.8 Å². The van der Waals surface area contributed by atoms with Crippen molar-refractivity contribution in [3.8, 4) is 34.0 Å². The van der Waals surface area contributed by atoms with Crippen molar-refractivity contribution >= 4 is 5.97 Å². The molecule has 0 unspecified atom stereocenters. The van der Waals surface area contributed by atoms with Crippen molar-refractivity contribution in [1.29, 1.82) is 0 Å². The lowest BCUT2D eigenvalue weighted by atomic mass is 9.99. The number of aryl methyl sites for hydroxylation is 1. The molecule has 0 fully saturated rings. The van der Waals surface area contributed by atoms with Crippen molar-refractivity contribution in [3.05, 3.63) is 119 Å². The first kappa shape index (κ1) is 29.4. The van der Waals surface area contributed by atoms with E-state index >= 15 is 0 Å². The van der Waals surface area contributed by atoms with Gasteiger partial charge >= 0.3 is 18.3 Å². The van der Waals surface area contributed by atoms with Crippen LogP contribution in [0.5, 0.6) is 5.75 Å². The van der Waals surface area contributed by atoms with Crippen molar-refractivity contribution < 1.29 is 41.0 Å². The average molecular weight is 598 g/mol. The van der Waals surface area contributed by atoms with Gasteiger partial charge in [-0.05, 0) is 65.6 Å². The maximum absolute atomic E-state index is 13.7. The lowest BCUT2D eigenvalue weighted by molar-refractivity contribution is -0.143. The largest absolute Gasteiger partial charge is 0.488 e. The number of carboxylic acids is 1.